The molecule has 110 valence electrons. The molecule has 0 aromatic carbocycles. The Morgan fingerprint density at radius 3 is 2.86 bits per heavy atom. The molecule has 2 N–H and O–H groups in total. The van der Waals surface area contributed by atoms with Crippen LogP contribution in [-0.2, 0) is 6.42 Å². The van der Waals surface area contributed by atoms with Crippen molar-refractivity contribution in [1.29, 1.82) is 0 Å². The number of aryl methyl sites for hydroxylation is 1. The molecule has 21 heavy (non-hydrogen) atoms. The van der Waals surface area contributed by atoms with Crippen molar-refractivity contribution >= 4 is 27.0 Å². The van der Waals surface area contributed by atoms with Gasteiger partial charge in [0.05, 0.1) is 0 Å². The van der Waals surface area contributed by atoms with Gasteiger partial charge in [-0.1, -0.05) is 12.2 Å². The van der Waals surface area contributed by atoms with Crippen LogP contribution in [-0.4, -0.2) is 26.8 Å². The molecule has 0 saturated carbocycles. The van der Waals surface area contributed by atoms with Gasteiger partial charge in [0.15, 0.2) is 0 Å². The smallest absolute Gasteiger partial charge is 0.337 e. The van der Waals surface area contributed by atoms with Crippen molar-refractivity contribution in [3.63, 3.8) is 0 Å². The van der Waals surface area contributed by atoms with E-state index in [-0.39, 0.29) is 21.6 Å². The molecule has 1 aliphatic rings. The van der Waals surface area contributed by atoms with Crippen LogP contribution < -0.4 is 16.9 Å². The lowest BCUT2D eigenvalue weighted by atomic mass is 10.1. The molecule has 2 aromatic heterocycles. The lowest BCUT2D eigenvalue weighted by molar-refractivity contribution is 0.544. The highest BCUT2D eigenvalue weighted by Gasteiger charge is 2.11. The summed E-state index contributed by atoms with van der Waals surface area (Å²) >= 11 is 0. The molecule has 3 rings (SSSR count). The van der Waals surface area contributed by atoms with Crippen molar-refractivity contribution in [2.24, 2.45) is 0 Å². The lowest BCUT2D eigenvalue weighted by Gasteiger charge is -2.05. The second-order valence-corrected chi connectivity index (χ2v) is 6.87. The number of H-pyrrole nitrogens is 2. The zero-order chi connectivity index (χ0) is 14.8. The highest BCUT2D eigenvalue weighted by molar-refractivity contribution is 8.15. The highest BCUT2D eigenvalue weighted by Crippen LogP contribution is 2.19. The first kappa shape index (κ1) is 13.8. The Bertz CT molecular complexity index is 912. The largest absolute Gasteiger partial charge is 0.405 e. The quantitative estimate of drug-likeness (QED) is 0.814. The van der Waals surface area contributed by atoms with Crippen LogP contribution in [0.4, 0.5) is 0 Å². The minimum atomic E-state index is -0.680. The molecular formula is C14H14N2O4S. The molecule has 0 aliphatic carbocycles. The monoisotopic (exact) mass is 306 g/mol. The van der Waals surface area contributed by atoms with Crippen molar-refractivity contribution in [3.05, 3.63) is 55.0 Å². The molecule has 0 amide bonds. The van der Waals surface area contributed by atoms with E-state index in [0.717, 1.165) is 17.9 Å². The van der Waals surface area contributed by atoms with Gasteiger partial charge in [0, 0.05) is 11.8 Å². The minimum absolute atomic E-state index is 0.0530. The summed E-state index contributed by atoms with van der Waals surface area (Å²) < 4.78 is 4.90. The van der Waals surface area contributed by atoms with E-state index >= 15 is 0 Å². The molecule has 7 heteroatoms. The Kier molecular flexibility index (Phi) is 3.74. The Morgan fingerprint density at radius 2 is 2.10 bits per heavy atom. The van der Waals surface area contributed by atoms with Crippen LogP contribution in [0.3, 0.4) is 0 Å². The van der Waals surface area contributed by atoms with E-state index in [0.29, 0.717) is 12.0 Å². The van der Waals surface area contributed by atoms with Crippen molar-refractivity contribution in [2.45, 2.75) is 12.8 Å². The lowest BCUT2D eigenvalue weighted by Crippen LogP contribution is -2.24. The number of allylic oxidation sites excluding steroid dienone is 1. The number of fused-ring (bicyclic) bond motifs is 1. The SMILES string of the molecule is O=c1[nH]c(=O)c2c(CCCS3=CC=CC3)cc(=O)oc2[nH]1. The number of hydrogen-bond donors (Lipinski definition) is 2. The Balaban J connectivity index is 1.92. The van der Waals surface area contributed by atoms with Crippen LogP contribution in [0.1, 0.15) is 12.0 Å². The maximum atomic E-state index is 11.9. The second-order valence-electron chi connectivity index (χ2n) is 4.78. The molecule has 0 spiro atoms. The topological polar surface area (TPSA) is 95.9 Å². The van der Waals surface area contributed by atoms with E-state index in [9.17, 15) is 14.4 Å². The molecule has 1 aliphatic heterocycles. The van der Waals surface area contributed by atoms with Gasteiger partial charge in [-0.2, -0.15) is 10.5 Å². The van der Waals surface area contributed by atoms with Crippen LogP contribution >= 0.6 is 10.5 Å². The summed E-state index contributed by atoms with van der Waals surface area (Å²) in [6.45, 7) is 0. The maximum Gasteiger partial charge on any atom is 0.337 e. The van der Waals surface area contributed by atoms with Gasteiger partial charge >= 0.3 is 11.3 Å². The van der Waals surface area contributed by atoms with E-state index in [1.54, 1.807) is 0 Å². The fourth-order valence-electron chi connectivity index (χ4n) is 2.38. The van der Waals surface area contributed by atoms with Gasteiger partial charge in [-0.15, -0.1) is 0 Å². The fraction of sp³-hybridized carbons (Fsp3) is 0.286. The number of aromatic amines is 2. The first-order chi connectivity index (χ1) is 10.1. The van der Waals surface area contributed by atoms with E-state index in [4.69, 9.17) is 4.42 Å². The van der Waals surface area contributed by atoms with Crippen molar-refractivity contribution in [3.8, 4) is 0 Å². The van der Waals surface area contributed by atoms with Crippen LogP contribution in [0.5, 0.6) is 0 Å². The Hall–Kier alpha value is -2.15. The second kappa shape index (κ2) is 5.69. The zero-order valence-corrected chi connectivity index (χ0v) is 12.0. The summed E-state index contributed by atoms with van der Waals surface area (Å²) in [4.78, 5) is 39.2. The fourth-order valence-corrected chi connectivity index (χ4v) is 4.00. The minimum Gasteiger partial charge on any atom is -0.405 e. The van der Waals surface area contributed by atoms with Gasteiger partial charge in [-0.25, -0.2) is 9.59 Å². The molecule has 2 aromatic rings. The summed E-state index contributed by atoms with van der Waals surface area (Å²) in [6.07, 6.45) is 5.70. The third-order valence-corrected chi connectivity index (χ3v) is 5.27. The van der Waals surface area contributed by atoms with Gasteiger partial charge in [0.25, 0.3) is 5.56 Å². The summed E-state index contributed by atoms with van der Waals surface area (Å²) in [5.41, 5.74) is -1.20. The van der Waals surface area contributed by atoms with E-state index in [1.807, 2.05) is 0 Å². The predicted octanol–water partition coefficient (Wildman–Crippen LogP) is 0.743. The molecule has 6 nitrogen and oxygen atoms in total. The Morgan fingerprint density at radius 1 is 1.24 bits per heavy atom. The van der Waals surface area contributed by atoms with Crippen molar-refractivity contribution in [2.75, 3.05) is 11.5 Å². The molecule has 3 heterocycles. The average Bonchev–Trinajstić information content (AvgIpc) is 2.90. The summed E-state index contributed by atoms with van der Waals surface area (Å²) in [5.74, 6) is 2.10. The zero-order valence-electron chi connectivity index (χ0n) is 11.2. The molecule has 0 saturated heterocycles. The van der Waals surface area contributed by atoms with Crippen molar-refractivity contribution < 1.29 is 4.42 Å². The number of aromatic nitrogens is 2. The van der Waals surface area contributed by atoms with Crippen LogP contribution in [0.25, 0.3) is 11.1 Å². The molecule has 1 unspecified atom stereocenters. The van der Waals surface area contributed by atoms with Crippen LogP contribution in [0.2, 0.25) is 0 Å². The van der Waals surface area contributed by atoms with Gasteiger partial charge < -0.3 is 4.42 Å². The summed E-state index contributed by atoms with van der Waals surface area (Å²) in [5, 5.41) is 2.45. The van der Waals surface area contributed by atoms with E-state index in [1.165, 1.54) is 6.07 Å². The van der Waals surface area contributed by atoms with Gasteiger partial charge in [0.1, 0.15) is 5.39 Å². The number of hydrogen-bond acceptors (Lipinski definition) is 4. The van der Waals surface area contributed by atoms with Gasteiger partial charge in [-0.3, -0.25) is 14.8 Å². The average molecular weight is 306 g/mol. The molecule has 0 radical (unpaired) electrons. The van der Waals surface area contributed by atoms with Crippen LogP contribution in [0, 0.1) is 0 Å². The molecule has 1 atom stereocenters. The van der Waals surface area contributed by atoms with E-state index in [2.05, 4.69) is 27.5 Å². The first-order valence-electron chi connectivity index (χ1n) is 6.59. The maximum absolute atomic E-state index is 11.9. The number of rotatable bonds is 4. The summed E-state index contributed by atoms with van der Waals surface area (Å²) in [7, 11) is 0.270. The third kappa shape index (κ3) is 2.97. The van der Waals surface area contributed by atoms with Gasteiger partial charge in [0.2, 0.25) is 5.71 Å². The molecule has 0 fully saturated rings. The predicted molar refractivity (Wildman–Crippen MR) is 84.6 cm³/mol. The van der Waals surface area contributed by atoms with Gasteiger partial charge in [-0.05, 0) is 29.5 Å². The Labute approximate surface area is 121 Å². The van der Waals surface area contributed by atoms with Crippen LogP contribution in [0.15, 0.2) is 37.0 Å². The first-order valence-corrected chi connectivity index (χ1v) is 8.22. The highest BCUT2D eigenvalue weighted by atomic mass is 32.2. The molecule has 0 bridgehead atoms. The third-order valence-electron chi connectivity index (χ3n) is 3.29. The number of nitrogens with one attached hydrogen (secondary N) is 2. The van der Waals surface area contributed by atoms with E-state index < -0.39 is 16.9 Å². The van der Waals surface area contributed by atoms with Crippen molar-refractivity contribution in [1.82, 2.24) is 9.97 Å². The normalized spacial score (nSPS) is 17.2. The molecular weight excluding hydrogens is 292 g/mol. The summed E-state index contributed by atoms with van der Waals surface area (Å²) in [6, 6.07) is 1.33. The standard InChI is InChI=1S/C14H14N2O4S/c17-10-8-9(4-3-7-21-5-1-2-6-21)11-12(18)15-14(19)16-13(11)20-10/h1-2,5,8H,3-4,6-7H2,(H2,15,16,18,19).